The van der Waals surface area contributed by atoms with Crippen LogP contribution in [0.1, 0.15) is 27.6 Å². The lowest BCUT2D eigenvalue weighted by atomic mass is 9.91. The van der Waals surface area contributed by atoms with Gasteiger partial charge in [-0.2, -0.15) is 0 Å². The molecule has 0 aliphatic carbocycles. The maximum atomic E-state index is 13.5. The predicted molar refractivity (Wildman–Crippen MR) is 134 cm³/mol. The molecule has 1 N–H and O–H groups in total. The Bertz CT molecular complexity index is 1520. The topological polar surface area (TPSA) is 102 Å². The van der Waals surface area contributed by atoms with Gasteiger partial charge in [0.1, 0.15) is 11.4 Å². The number of rotatable bonds is 6. The number of benzene rings is 4. The number of hydrogen-bond donors (Lipinski definition) is 1. The van der Waals surface area contributed by atoms with Gasteiger partial charge < -0.3 is 10.1 Å². The molecule has 0 unspecified atom stereocenters. The lowest BCUT2D eigenvalue weighted by molar-refractivity contribution is -0.383. The van der Waals surface area contributed by atoms with Crippen molar-refractivity contribution in [3.05, 3.63) is 99.1 Å². The smallest absolute Gasteiger partial charge is 0.294 e. The van der Waals surface area contributed by atoms with Gasteiger partial charge in [-0.15, -0.1) is 0 Å². The third-order valence-corrected chi connectivity index (χ3v) is 6.07. The van der Waals surface area contributed by atoms with E-state index in [0.717, 1.165) is 4.90 Å². The van der Waals surface area contributed by atoms with Crippen LogP contribution in [-0.2, 0) is 0 Å². The molecule has 0 saturated heterocycles. The zero-order valence-electron chi connectivity index (χ0n) is 18.4. The molecule has 0 saturated carbocycles. The normalized spacial score (nSPS) is 12.7. The van der Waals surface area contributed by atoms with Gasteiger partial charge in [0.25, 0.3) is 17.5 Å². The highest BCUT2D eigenvalue weighted by Gasteiger charge is 2.37. The summed E-state index contributed by atoms with van der Waals surface area (Å²) in [7, 11) is 0. The van der Waals surface area contributed by atoms with Crippen LogP contribution in [0.2, 0.25) is 5.02 Å². The number of ether oxygens (including phenoxy) is 1. The van der Waals surface area contributed by atoms with E-state index in [2.05, 4.69) is 5.32 Å². The van der Waals surface area contributed by atoms with Crippen LogP contribution >= 0.6 is 11.6 Å². The first kappa shape index (κ1) is 22.4. The second-order valence-corrected chi connectivity index (χ2v) is 8.19. The van der Waals surface area contributed by atoms with Crippen LogP contribution in [0.15, 0.2) is 72.8 Å². The van der Waals surface area contributed by atoms with Gasteiger partial charge in [-0.3, -0.25) is 19.7 Å². The van der Waals surface area contributed by atoms with E-state index in [0.29, 0.717) is 39.5 Å². The fourth-order valence-electron chi connectivity index (χ4n) is 4.22. The molecule has 0 aromatic heterocycles. The first-order valence-electron chi connectivity index (χ1n) is 10.8. The Kier molecular flexibility index (Phi) is 5.58. The summed E-state index contributed by atoms with van der Waals surface area (Å²) >= 11 is 6.27. The number of hydrogen-bond acceptors (Lipinski definition) is 6. The molecule has 35 heavy (non-hydrogen) atoms. The molecule has 8 nitrogen and oxygen atoms in total. The molecule has 2 amide bonds. The van der Waals surface area contributed by atoms with Gasteiger partial charge in [0.05, 0.1) is 33.5 Å². The number of nitrogens with zero attached hydrogens (tertiary/aromatic N) is 2. The van der Waals surface area contributed by atoms with E-state index in [-0.39, 0.29) is 22.5 Å². The van der Waals surface area contributed by atoms with Crippen LogP contribution in [0.4, 0.5) is 22.7 Å². The van der Waals surface area contributed by atoms with E-state index in [9.17, 15) is 19.7 Å². The minimum absolute atomic E-state index is 0.0699. The van der Waals surface area contributed by atoms with Crippen molar-refractivity contribution in [3.63, 3.8) is 0 Å². The summed E-state index contributed by atoms with van der Waals surface area (Å²) in [5.41, 5.74) is 0.982. The molecule has 1 aliphatic heterocycles. The standard InChI is InChI=1S/C26H18ClN3O5/c1-2-35-16-12-10-15(11-13-16)29-25(31)18-7-5-6-17-23(18)19(26(29)32)14-22(30(33)34)24(17)28-21-9-4-3-8-20(21)27/h3-14,28H,2H2,1H3. The molecule has 0 atom stereocenters. The summed E-state index contributed by atoms with van der Waals surface area (Å²) in [4.78, 5) is 39.5. The van der Waals surface area contributed by atoms with E-state index < -0.39 is 16.7 Å². The van der Waals surface area contributed by atoms with Crippen LogP contribution in [0.5, 0.6) is 5.75 Å². The van der Waals surface area contributed by atoms with Gasteiger partial charge >= 0.3 is 0 Å². The van der Waals surface area contributed by atoms with Gasteiger partial charge in [0.2, 0.25) is 0 Å². The quantitative estimate of drug-likeness (QED) is 0.193. The highest BCUT2D eigenvalue weighted by Crippen LogP contribution is 2.43. The van der Waals surface area contributed by atoms with Gasteiger partial charge in [-0.25, -0.2) is 4.90 Å². The highest BCUT2D eigenvalue weighted by molar-refractivity contribution is 6.37. The van der Waals surface area contributed by atoms with Crippen molar-refractivity contribution in [3.8, 4) is 5.75 Å². The summed E-state index contributed by atoms with van der Waals surface area (Å²) < 4.78 is 5.44. The molecule has 0 spiro atoms. The second-order valence-electron chi connectivity index (χ2n) is 7.78. The summed E-state index contributed by atoms with van der Waals surface area (Å²) in [5.74, 6) is -0.563. The maximum absolute atomic E-state index is 13.5. The summed E-state index contributed by atoms with van der Waals surface area (Å²) in [6, 6.07) is 19.4. The average Bonchev–Trinajstić information content (AvgIpc) is 2.85. The van der Waals surface area contributed by atoms with Crippen molar-refractivity contribution in [2.45, 2.75) is 6.92 Å². The van der Waals surface area contributed by atoms with Crippen molar-refractivity contribution < 1.29 is 19.2 Å². The lowest BCUT2D eigenvalue weighted by Gasteiger charge is -2.28. The zero-order valence-corrected chi connectivity index (χ0v) is 19.2. The molecule has 5 rings (SSSR count). The Hall–Kier alpha value is -4.43. The van der Waals surface area contributed by atoms with Gasteiger partial charge in [-0.1, -0.05) is 35.9 Å². The Labute approximate surface area is 204 Å². The first-order valence-corrected chi connectivity index (χ1v) is 11.2. The average molecular weight is 488 g/mol. The summed E-state index contributed by atoms with van der Waals surface area (Å²) in [5, 5.41) is 16.2. The van der Waals surface area contributed by atoms with Crippen LogP contribution < -0.4 is 15.0 Å². The predicted octanol–water partition coefficient (Wildman–Crippen LogP) is 6.34. The Morgan fingerprint density at radius 3 is 2.37 bits per heavy atom. The third-order valence-electron chi connectivity index (χ3n) is 5.74. The molecular formula is C26H18ClN3O5. The number of carbonyl (C=O) groups is 2. The Morgan fingerprint density at radius 2 is 1.69 bits per heavy atom. The molecule has 1 aliphatic rings. The number of nitro groups is 1. The first-order chi connectivity index (χ1) is 16.9. The summed E-state index contributed by atoms with van der Waals surface area (Å²) in [6.07, 6.45) is 0. The van der Waals surface area contributed by atoms with E-state index >= 15 is 0 Å². The molecule has 0 radical (unpaired) electrons. The lowest BCUT2D eigenvalue weighted by Crippen LogP contribution is -2.40. The van der Waals surface area contributed by atoms with E-state index in [4.69, 9.17) is 16.3 Å². The Morgan fingerprint density at radius 1 is 0.971 bits per heavy atom. The van der Waals surface area contributed by atoms with Crippen LogP contribution in [0, 0.1) is 10.1 Å². The van der Waals surface area contributed by atoms with Crippen LogP contribution in [-0.4, -0.2) is 23.3 Å². The molecule has 1 heterocycles. The largest absolute Gasteiger partial charge is 0.494 e. The molecule has 9 heteroatoms. The fraction of sp³-hybridized carbons (Fsp3) is 0.0769. The van der Waals surface area contributed by atoms with E-state index in [1.54, 1.807) is 66.7 Å². The minimum atomic E-state index is -0.643. The fourth-order valence-corrected chi connectivity index (χ4v) is 4.40. The van der Waals surface area contributed by atoms with E-state index in [1.165, 1.54) is 6.07 Å². The number of imide groups is 1. The van der Waals surface area contributed by atoms with Crippen molar-refractivity contribution in [1.29, 1.82) is 0 Å². The third kappa shape index (κ3) is 3.74. The van der Waals surface area contributed by atoms with E-state index in [1.807, 2.05) is 6.92 Å². The SMILES string of the molecule is CCOc1ccc(N2C(=O)c3cccc4c(Nc5ccccc5Cl)c([N+](=O)[O-])cc(c34)C2=O)cc1. The van der Waals surface area contributed by atoms with Crippen LogP contribution in [0.25, 0.3) is 10.8 Å². The molecule has 4 aromatic rings. The molecule has 0 fully saturated rings. The van der Waals surface area contributed by atoms with Crippen LogP contribution in [0.3, 0.4) is 0 Å². The Balaban J connectivity index is 1.70. The van der Waals surface area contributed by atoms with Crippen molar-refractivity contribution >= 4 is 56.9 Å². The molecule has 174 valence electrons. The number of carbonyl (C=O) groups excluding carboxylic acids is 2. The van der Waals surface area contributed by atoms with Crippen molar-refractivity contribution in [2.75, 3.05) is 16.8 Å². The monoisotopic (exact) mass is 487 g/mol. The molecular weight excluding hydrogens is 470 g/mol. The number of anilines is 3. The number of nitrogens with one attached hydrogen (secondary N) is 1. The van der Waals surface area contributed by atoms with Gasteiger partial charge in [0, 0.05) is 22.4 Å². The minimum Gasteiger partial charge on any atom is -0.494 e. The van der Waals surface area contributed by atoms with Gasteiger partial charge in [0.15, 0.2) is 0 Å². The molecule has 0 bridgehead atoms. The summed E-state index contributed by atoms with van der Waals surface area (Å²) in [6.45, 7) is 2.33. The zero-order chi connectivity index (χ0) is 24.7. The molecule has 4 aromatic carbocycles. The number of amides is 2. The van der Waals surface area contributed by atoms with Gasteiger partial charge in [-0.05, 0) is 49.4 Å². The second kappa shape index (κ2) is 8.73. The highest BCUT2D eigenvalue weighted by atomic mass is 35.5. The number of nitro benzene ring substituents is 1. The van der Waals surface area contributed by atoms with Crippen molar-refractivity contribution in [1.82, 2.24) is 0 Å². The maximum Gasteiger partial charge on any atom is 0.294 e. The number of halogens is 1. The van der Waals surface area contributed by atoms with Crippen molar-refractivity contribution in [2.24, 2.45) is 0 Å². The number of para-hydroxylation sites is 1.